The number of nitrogens with zero attached hydrogens (tertiary/aromatic N) is 3. The van der Waals surface area contributed by atoms with Gasteiger partial charge in [-0.1, -0.05) is 6.07 Å². The summed E-state index contributed by atoms with van der Waals surface area (Å²) in [5, 5.41) is 0. The van der Waals surface area contributed by atoms with E-state index in [0.29, 0.717) is 5.56 Å². The summed E-state index contributed by atoms with van der Waals surface area (Å²) in [7, 11) is 3.63. The molecule has 0 saturated carbocycles. The molecule has 0 aromatic heterocycles. The molecule has 0 aliphatic carbocycles. The van der Waals surface area contributed by atoms with Gasteiger partial charge in [-0.3, -0.25) is 4.90 Å². The van der Waals surface area contributed by atoms with Gasteiger partial charge in [0.15, 0.2) is 0 Å². The Balaban J connectivity index is 1.77. The predicted molar refractivity (Wildman–Crippen MR) is 92.0 cm³/mol. The smallest absolute Gasteiger partial charge is 0.339 e. The number of methoxy groups -OCH3 is 1. The standard InChI is InChI=1S/C18H27N3O2/c1-19-9-11-20(12-10-19)14-15-5-6-17(21-7-3-4-8-21)16(13-15)18(22)23-2/h5-6,13H,3-4,7-12,14H2,1-2H3. The third-order valence-electron chi connectivity index (χ3n) is 4.92. The van der Waals surface area contributed by atoms with Gasteiger partial charge in [0.05, 0.1) is 18.4 Å². The number of ether oxygens (including phenoxy) is 1. The molecule has 126 valence electrons. The number of hydrogen-bond acceptors (Lipinski definition) is 5. The van der Waals surface area contributed by atoms with E-state index in [2.05, 4.69) is 33.9 Å². The molecular formula is C18H27N3O2. The molecule has 1 aromatic rings. The summed E-state index contributed by atoms with van der Waals surface area (Å²) in [5.41, 5.74) is 2.93. The molecule has 0 bridgehead atoms. The molecule has 0 N–H and O–H groups in total. The molecule has 3 rings (SSSR count). The Morgan fingerprint density at radius 2 is 1.78 bits per heavy atom. The minimum atomic E-state index is -0.230. The Labute approximate surface area is 138 Å². The third-order valence-corrected chi connectivity index (χ3v) is 4.92. The minimum Gasteiger partial charge on any atom is -0.465 e. The molecule has 0 radical (unpaired) electrons. The van der Waals surface area contributed by atoms with Crippen molar-refractivity contribution in [2.75, 3.05) is 58.3 Å². The highest BCUT2D eigenvalue weighted by atomic mass is 16.5. The number of rotatable bonds is 4. The van der Waals surface area contributed by atoms with E-state index in [4.69, 9.17) is 4.74 Å². The van der Waals surface area contributed by atoms with Gasteiger partial charge in [-0.15, -0.1) is 0 Å². The highest BCUT2D eigenvalue weighted by Gasteiger charge is 2.21. The molecule has 23 heavy (non-hydrogen) atoms. The molecule has 2 aliphatic rings. The Morgan fingerprint density at radius 3 is 2.43 bits per heavy atom. The maximum absolute atomic E-state index is 12.2. The Morgan fingerprint density at radius 1 is 1.09 bits per heavy atom. The van der Waals surface area contributed by atoms with Crippen LogP contribution in [-0.2, 0) is 11.3 Å². The minimum absolute atomic E-state index is 0.230. The molecule has 0 spiro atoms. The van der Waals surface area contributed by atoms with E-state index in [0.717, 1.165) is 51.5 Å². The maximum atomic E-state index is 12.2. The predicted octanol–water partition coefficient (Wildman–Crippen LogP) is 1.82. The van der Waals surface area contributed by atoms with Crippen LogP contribution in [0, 0.1) is 0 Å². The molecule has 2 fully saturated rings. The first kappa shape index (κ1) is 16.3. The van der Waals surface area contributed by atoms with Crippen LogP contribution in [-0.4, -0.2) is 69.2 Å². The molecule has 0 unspecified atom stereocenters. The van der Waals surface area contributed by atoms with E-state index in [-0.39, 0.29) is 5.97 Å². The van der Waals surface area contributed by atoms with Crippen molar-refractivity contribution in [1.82, 2.24) is 9.80 Å². The highest BCUT2D eigenvalue weighted by molar-refractivity contribution is 5.96. The van der Waals surface area contributed by atoms with Crippen LogP contribution < -0.4 is 4.90 Å². The molecule has 0 atom stereocenters. The lowest BCUT2D eigenvalue weighted by Gasteiger charge is -2.32. The van der Waals surface area contributed by atoms with Crippen molar-refractivity contribution >= 4 is 11.7 Å². The first-order valence-electron chi connectivity index (χ1n) is 8.54. The summed E-state index contributed by atoms with van der Waals surface area (Å²) in [4.78, 5) is 19.3. The van der Waals surface area contributed by atoms with Crippen LogP contribution in [0.5, 0.6) is 0 Å². The van der Waals surface area contributed by atoms with E-state index in [1.54, 1.807) is 0 Å². The summed E-state index contributed by atoms with van der Waals surface area (Å²) in [5.74, 6) is -0.230. The number of carbonyl (C=O) groups excluding carboxylic acids is 1. The van der Waals surface area contributed by atoms with Crippen LogP contribution in [0.1, 0.15) is 28.8 Å². The van der Waals surface area contributed by atoms with E-state index >= 15 is 0 Å². The molecular weight excluding hydrogens is 290 g/mol. The second-order valence-electron chi connectivity index (χ2n) is 6.62. The third kappa shape index (κ3) is 3.85. The summed E-state index contributed by atoms with van der Waals surface area (Å²) >= 11 is 0. The fourth-order valence-electron chi connectivity index (χ4n) is 3.45. The van der Waals surface area contributed by atoms with Gasteiger partial charge >= 0.3 is 5.97 Å². The lowest BCUT2D eigenvalue weighted by atomic mass is 10.1. The molecule has 0 amide bonds. The van der Waals surface area contributed by atoms with Crippen molar-refractivity contribution in [3.63, 3.8) is 0 Å². The van der Waals surface area contributed by atoms with Crippen molar-refractivity contribution in [2.24, 2.45) is 0 Å². The number of benzene rings is 1. The van der Waals surface area contributed by atoms with Gasteiger partial charge in [0.1, 0.15) is 0 Å². The first-order chi connectivity index (χ1) is 11.2. The Kier molecular flexibility index (Phi) is 5.18. The SMILES string of the molecule is COC(=O)c1cc(CN2CCN(C)CC2)ccc1N1CCCC1. The molecule has 5 nitrogen and oxygen atoms in total. The first-order valence-corrected chi connectivity index (χ1v) is 8.54. The lowest BCUT2D eigenvalue weighted by molar-refractivity contribution is 0.0601. The zero-order valence-electron chi connectivity index (χ0n) is 14.3. The van der Waals surface area contributed by atoms with E-state index in [9.17, 15) is 4.79 Å². The van der Waals surface area contributed by atoms with Gasteiger partial charge in [-0.2, -0.15) is 0 Å². The van der Waals surface area contributed by atoms with Crippen molar-refractivity contribution < 1.29 is 9.53 Å². The zero-order chi connectivity index (χ0) is 16.2. The fourth-order valence-corrected chi connectivity index (χ4v) is 3.45. The summed E-state index contributed by atoms with van der Waals surface area (Å²) < 4.78 is 5.01. The topological polar surface area (TPSA) is 36.0 Å². The van der Waals surface area contributed by atoms with Gasteiger partial charge in [-0.25, -0.2) is 4.79 Å². The molecule has 2 aliphatic heterocycles. The zero-order valence-corrected chi connectivity index (χ0v) is 14.3. The number of esters is 1. The van der Waals surface area contributed by atoms with Crippen LogP contribution in [0.15, 0.2) is 18.2 Å². The second kappa shape index (κ2) is 7.32. The molecule has 2 saturated heterocycles. The normalized spacial score (nSPS) is 20.0. The van der Waals surface area contributed by atoms with Crippen molar-refractivity contribution in [3.05, 3.63) is 29.3 Å². The summed E-state index contributed by atoms with van der Waals surface area (Å²) in [6.07, 6.45) is 2.40. The van der Waals surface area contributed by atoms with Gasteiger partial charge in [0, 0.05) is 45.8 Å². The molecule has 2 heterocycles. The monoisotopic (exact) mass is 317 g/mol. The maximum Gasteiger partial charge on any atom is 0.339 e. The van der Waals surface area contributed by atoms with Gasteiger partial charge < -0.3 is 14.5 Å². The van der Waals surface area contributed by atoms with E-state index < -0.39 is 0 Å². The number of piperazine rings is 1. The molecule has 1 aromatic carbocycles. The van der Waals surface area contributed by atoms with Crippen molar-refractivity contribution in [3.8, 4) is 0 Å². The summed E-state index contributed by atoms with van der Waals surface area (Å²) in [6.45, 7) is 7.34. The summed E-state index contributed by atoms with van der Waals surface area (Å²) in [6, 6.07) is 6.29. The number of anilines is 1. The highest BCUT2D eigenvalue weighted by Crippen LogP contribution is 2.27. The van der Waals surface area contributed by atoms with Crippen LogP contribution in [0.2, 0.25) is 0 Å². The van der Waals surface area contributed by atoms with E-state index in [1.807, 2.05) is 6.07 Å². The largest absolute Gasteiger partial charge is 0.465 e. The Bertz CT molecular complexity index is 547. The van der Waals surface area contributed by atoms with Crippen LogP contribution in [0.3, 0.4) is 0 Å². The lowest BCUT2D eigenvalue weighted by Crippen LogP contribution is -2.43. The van der Waals surface area contributed by atoms with Gasteiger partial charge in [-0.05, 0) is 37.6 Å². The quantitative estimate of drug-likeness (QED) is 0.792. The average Bonchev–Trinajstić information content (AvgIpc) is 3.10. The van der Waals surface area contributed by atoms with Crippen molar-refractivity contribution in [1.29, 1.82) is 0 Å². The fraction of sp³-hybridized carbons (Fsp3) is 0.611. The molecule has 5 heteroatoms. The van der Waals surface area contributed by atoms with E-state index in [1.165, 1.54) is 25.5 Å². The van der Waals surface area contributed by atoms with Crippen LogP contribution in [0.4, 0.5) is 5.69 Å². The number of hydrogen-bond donors (Lipinski definition) is 0. The van der Waals surface area contributed by atoms with Crippen LogP contribution in [0.25, 0.3) is 0 Å². The van der Waals surface area contributed by atoms with Gasteiger partial charge in [0.2, 0.25) is 0 Å². The Hall–Kier alpha value is -1.59. The average molecular weight is 317 g/mol. The van der Waals surface area contributed by atoms with Gasteiger partial charge in [0.25, 0.3) is 0 Å². The second-order valence-corrected chi connectivity index (χ2v) is 6.62. The van der Waals surface area contributed by atoms with Crippen LogP contribution >= 0.6 is 0 Å². The number of carbonyl (C=O) groups is 1. The number of likely N-dealkylation sites (N-methyl/N-ethyl adjacent to an activating group) is 1. The van der Waals surface area contributed by atoms with Crippen molar-refractivity contribution in [2.45, 2.75) is 19.4 Å².